The summed E-state index contributed by atoms with van der Waals surface area (Å²) in [7, 11) is 2.58. The van der Waals surface area contributed by atoms with E-state index in [1.807, 2.05) is 0 Å². The molecular weight excluding hydrogens is 474 g/mol. The number of likely N-dealkylation sites (tertiary alicyclic amines) is 1. The Morgan fingerprint density at radius 2 is 1.86 bits per heavy atom. The maximum atomic E-state index is 14.3. The first-order valence-corrected chi connectivity index (χ1v) is 10.8. The molecule has 35 heavy (non-hydrogen) atoms. The third-order valence-corrected chi connectivity index (χ3v) is 5.23. The maximum Gasteiger partial charge on any atom is 0.416 e. The number of halogens is 4. The van der Waals surface area contributed by atoms with Crippen molar-refractivity contribution in [2.75, 3.05) is 25.5 Å². The van der Waals surface area contributed by atoms with Gasteiger partial charge in [-0.2, -0.15) is 13.2 Å². The van der Waals surface area contributed by atoms with Crippen LogP contribution in [-0.2, 0) is 18.0 Å². The summed E-state index contributed by atoms with van der Waals surface area (Å²) in [5.41, 5.74) is -2.17. The van der Waals surface area contributed by atoms with Gasteiger partial charge in [0.25, 0.3) is 5.56 Å². The Labute approximate surface area is 199 Å². The van der Waals surface area contributed by atoms with Gasteiger partial charge in [-0.3, -0.25) is 9.36 Å². The molecule has 2 heterocycles. The SMILES string of the molecule is COc1cc(C(F)(F)F)ccc1-c1nnc(N[C@@H]2C[C@H](F)CN(C(=O)OC(C)(C)C)C2)c(=O)n1C. The molecular formula is C22H27F4N5O4. The molecule has 192 valence electrons. The molecule has 0 radical (unpaired) electrons. The second-order valence-corrected chi connectivity index (χ2v) is 9.21. The first-order valence-electron chi connectivity index (χ1n) is 10.8. The number of hydrogen-bond acceptors (Lipinski definition) is 7. The van der Waals surface area contributed by atoms with E-state index in [1.54, 1.807) is 20.8 Å². The van der Waals surface area contributed by atoms with Crippen molar-refractivity contribution in [1.29, 1.82) is 0 Å². The molecule has 1 aliphatic rings. The Hall–Kier alpha value is -3.38. The van der Waals surface area contributed by atoms with Gasteiger partial charge in [0, 0.05) is 26.1 Å². The number of methoxy groups -OCH3 is 1. The summed E-state index contributed by atoms with van der Waals surface area (Å²) in [6.45, 7) is 5.04. The van der Waals surface area contributed by atoms with Crippen LogP contribution in [-0.4, -0.2) is 63.8 Å². The van der Waals surface area contributed by atoms with Crippen LogP contribution in [0, 0.1) is 0 Å². The highest BCUT2D eigenvalue weighted by Crippen LogP contribution is 2.36. The Morgan fingerprint density at radius 3 is 2.46 bits per heavy atom. The van der Waals surface area contributed by atoms with Gasteiger partial charge < -0.3 is 19.7 Å². The molecule has 2 aromatic rings. The fourth-order valence-corrected chi connectivity index (χ4v) is 3.65. The second kappa shape index (κ2) is 9.70. The number of anilines is 1. The highest BCUT2D eigenvalue weighted by molar-refractivity contribution is 5.68. The Morgan fingerprint density at radius 1 is 1.17 bits per heavy atom. The molecule has 0 bridgehead atoms. The summed E-state index contributed by atoms with van der Waals surface area (Å²) in [5, 5.41) is 10.7. The number of amides is 1. The van der Waals surface area contributed by atoms with Crippen molar-refractivity contribution in [3.05, 3.63) is 34.1 Å². The third-order valence-electron chi connectivity index (χ3n) is 5.23. The average molecular weight is 501 g/mol. The fourth-order valence-electron chi connectivity index (χ4n) is 3.65. The smallest absolute Gasteiger partial charge is 0.416 e. The van der Waals surface area contributed by atoms with E-state index < -0.39 is 41.2 Å². The van der Waals surface area contributed by atoms with Crippen LogP contribution in [0.4, 0.5) is 28.2 Å². The number of piperidine rings is 1. The topological polar surface area (TPSA) is 98.6 Å². The van der Waals surface area contributed by atoms with Gasteiger partial charge in [0.05, 0.1) is 24.8 Å². The van der Waals surface area contributed by atoms with Crippen LogP contribution in [0.5, 0.6) is 5.75 Å². The lowest BCUT2D eigenvalue weighted by Crippen LogP contribution is -2.51. The highest BCUT2D eigenvalue weighted by atomic mass is 19.4. The summed E-state index contributed by atoms with van der Waals surface area (Å²) in [4.78, 5) is 26.5. The fraction of sp³-hybridized carbons (Fsp3) is 0.545. The van der Waals surface area contributed by atoms with Crippen LogP contribution < -0.4 is 15.6 Å². The molecule has 0 spiro atoms. The molecule has 1 N–H and O–H groups in total. The predicted octanol–water partition coefficient (Wildman–Crippen LogP) is 3.63. The molecule has 1 aliphatic heterocycles. The molecule has 1 aromatic heterocycles. The quantitative estimate of drug-likeness (QED) is 0.639. The van der Waals surface area contributed by atoms with Crippen molar-refractivity contribution in [3.63, 3.8) is 0 Å². The minimum atomic E-state index is -4.57. The summed E-state index contributed by atoms with van der Waals surface area (Å²) in [6.07, 6.45) is -6.56. The molecule has 1 aromatic carbocycles. The van der Waals surface area contributed by atoms with Crippen LogP contribution in [0.3, 0.4) is 0 Å². The largest absolute Gasteiger partial charge is 0.496 e. The predicted molar refractivity (Wildman–Crippen MR) is 119 cm³/mol. The number of carbonyl (C=O) groups is 1. The molecule has 0 unspecified atom stereocenters. The standard InChI is InChI=1S/C22H27F4N5O4/c1-21(2,3)35-20(33)31-10-13(23)9-14(11-31)27-17-19(32)30(4)18(29-28-17)15-7-6-12(22(24,25)26)8-16(15)34-5/h6-8,13-14H,9-11H2,1-5H3,(H,27,28)/t13-,14+/m0/s1. The molecule has 2 atom stereocenters. The minimum Gasteiger partial charge on any atom is -0.496 e. The molecule has 9 nitrogen and oxygen atoms in total. The molecule has 0 aliphatic carbocycles. The summed E-state index contributed by atoms with van der Waals surface area (Å²) in [6, 6.07) is 2.17. The zero-order chi connectivity index (χ0) is 26.1. The Kier molecular flexibility index (Phi) is 7.27. The second-order valence-electron chi connectivity index (χ2n) is 9.21. The van der Waals surface area contributed by atoms with Gasteiger partial charge >= 0.3 is 12.3 Å². The first kappa shape index (κ1) is 26.2. The van der Waals surface area contributed by atoms with Crippen LogP contribution >= 0.6 is 0 Å². The van der Waals surface area contributed by atoms with E-state index in [9.17, 15) is 27.2 Å². The zero-order valence-corrected chi connectivity index (χ0v) is 19.9. The summed E-state index contributed by atoms with van der Waals surface area (Å²) in [5.74, 6) is -0.343. The number of nitrogens with zero attached hydrogens (tertiary/aromatic N) is 4. The molecule has 13 heteroatoms. The van der Waals surface area contributed by atoms with Crippen LogP contribution in [0.1, 0.15) is 32.8 Å². The third kappa shape index (κ3) is 6.20. The van der Waals surface area contributed by atoms with Crippen molar-refractivity contribution < 1.29 is 31.8 Å². The van der Waals surface area contributed by atoms with Crippen LogP contribution in [0.25, 0.3) is 11.4 Å². The van der Waals surface area contributed by atoms with Crippen molar-refractivity contribution in [3.8, 4) is 17.1 Å². The number of ether oxygens (including phenoxy) is 2. The lowest BCUT2D eigenvalue weighted by Gasteiger charge is -2.36. The summed E-state index contributed by atoms with van der Waals surface area (Å²) < 4.78 is 64.9. The monoisotopic (exact) mass is 501 g/mol. The van der Waals surface area contributed by atoms with Gasteiger partial charge in [-0.25, -0.2) is 9.18 Å². The molecule has 1 saturated heterocycles. The minimum absolute atomic E-state index is 0.0199. The van der Waals surface area contributed by atoms with Gasteiger partial charge in [-0.05, 0) is 39.0 Å². The zero-order valence-electron chi connectivity index (χ0n) is 19.9. The average Bonchev–Trinajstić information content (AvgIpc) is 2.74. The lowest BCUT2D eigenvalue weighted by atomic mass is 10.0. The number of carbonyl (C=O) groups excluding carboxylic acids is 1. The van der Waals surface area contributed by atoms with E-state index in [2.05, 4.69) is 15.5 Å². The normalized spacial score (nSPS) is 18.8. The van der Waals surface area contributed by atoms with Gasteiger partial charge in [0.2, 0.25) is 5.82 Å². The van der Waals surface area contributed by atoms with Crippen molar-refractivity contribution in [2.45, 2.75) is 51.2 Å². The van der Waals surface area contributed by atoms with Gasteiger partial charge in [-0.15, -0.1) is 10.2 Å². The lowest BCUT2D eigenvalue weighted by molar-refractivity contribution is -0.137. The van der Waals surface area contributed by atoms with E-state index >= 15 is 0 Å². The number of hydrogen-bond donors (Lipinski definition) is 1. The van der Waals surface area contributed by atoms with E-state index in [4.69, 9.17) is 9.47 Å². The van der Waals surface area contributed by atoms with E-state index in [1.165, 1.54) is 19.1 Å². The Bertz CT molecular complexity index is 1150. The summed E-state index contributed by atoms with van der Waals surface area (Å²) >= 11 is 0. The number of aromatic nitrogens is 3. The van der Waals surface area contributed by atoms with Crippen molar-refractivity contribution >= 4 is 11.9 Å². The van der Waals surface area contributed by atoms with E-state index in [0.717, 1.165) is 22.8 Å². The highest BCUT2D eigenvalue weighted by Gasteiger charge is 2.34. The number of nitrogens with one attached hydrogen (secondary N) is 1. The first-order chi connectivity index (χ1) is 16.2. The number of rotatable bonds is 4. The van der Waals surface area contributed by atoms with E-state index in [-0.39, 0.29) is 42.5 Å². The van der Waals surface area contributed by atoms with Crippen LogP contribution in [0.2, 0.25) is 0 Å². The van der Waals surface area contributed by atoms with Gasteiger partial charge in [0.15, 0.2) is 5.82 Å². The molecule has 1 fully saturated rings. The number of benzene rings is 1. The molecule has 3 rings (SSSR count). The molecule has 0 saturated carbocycles. The molecule has 1 amide bonds. The van der Waals surface area contributed by atoms with Crippen molar-refractivity contribution in [2.24, 2.45) is 7.05 Å². The van der Waals surface area contributed by atoms with Gasteiger partial charge in [0.1, 0.15) is 17.5 Å². The van der Waals surface area contributed by atoms with Crippen molar-refractivity contribution in [1.82, 2.24) is 19.7 Å². The van der Waals surface area contributed by atoms with Crippen LogP contribution in [0.15, 0.2) is 23.0 Å². The van der Waals surface area contributed by atoms with Gasteiger partial charge in [-0.1, -0.05) is 0 Å². The maximum absolute atomic E-state index is 14.3. The number of alkyl halides is 4. The Balaban J connectivity index is 1.84. The van der Waals surface area contributed by atoms with E-state index in [0.29, 0.717) is 0 Å².